The molecule has 0 bridgehead atoms. The van der Waals surface area contributed by atoms with Crippen molar-refractivity contribution < 1.29 is 32.2 Å². The Balaban J connectivity index is 1.53. The number of hydrogen-bond donors (Lipinski definition) is 1. The Kier molecular flexibility index (Phi) is 7.88. The number of amides is 1. The molecule has 0 aliphatic heterocycles. The van der Waals surface area contributed by atoms with Gasteiger partial charge in [0.15, 0.2) is 0 Å². The average Bonchev–Trinajstić information content (AvgIpc) is 3.07. The van der Waals surface area contributed by atoms with Gasteiger partial charge >= 0.3 is 12.3 Å². The topological polar surface area (TPSA) is 82.4 Å². The van der Waals surface area contributed by atoms with Crippen LogP contribution >= 0.6 is 11.6 Å². The number of ether oxygens (including phenoxy) is 2. The van der Waals surface area contributed by atoms with Gasteiger partial charge in [0, 0.05) is 24.3 Å². The number of halogens is 4. The standard InChI is InChI=1S/C22H25ClF3N3O4/c1-3-32-21(31)33-20-13(2)11-29(28-20)12-14-4-7-16(8-5-14)27-19(30)17-10-15(22(24,25)26)6-9-18(17)23/h6,9-11,14,16H,3-5,7-8,12H2,1-2H3,(H,27,30)/t14-,16-. The molecule has 1 aromatic carbocycles. The minimum Gasteiger partial charge on any atom is -0.434 e. The summed E-state index contributed by atoms with van der Waals surface area (Å²) in [7, 11) is 0. The summed E-state index contributed by atoms with van der Waals surface area (Å²) in [6.45, 7) is 4.29. The van der Waals surface area contributed by atoms with E-state index in [0.717, 1.165) is 31.0 Å². The maximum atomic E-state index is 13.0. The summed E-state index contributed by atoms with van der Waals surface area (Å²) >= 11 is 5.96. The lowest BCUT2D eigenvalue weighted by Crippen LogP contribution is -2.38. The van der Waals surface area contributed by atoms with Crippen LogP contribution in [0, 0.1) is 12.8 Å². The highest BCUT2D eigenvalue weighted by atomic mass is 35.5. The predicted octanol–water partition coefficient (Wildman–Crippen LogP) is 5.39. The maximum Gasteiger partial charge on any atom is 0.515 e. The van der Waals surface area contributed by atoms with E-state index in [2.05, 4.69) is 10.4 Å². The average molecular weight is 488 g/mol. The molecule has 2 aromatic rings. The lowest BCUT2D eigenvalue weighted by molar-refractivity contribution is -0.137. The first kappa shape index (κ1) is 24.9. The van der Waals surface area contributed by atoms with Gasteiger partial charge in [-0.05, 0) is 63.6 Å². The third-order valence-electron chi connectivity index (χ3n) is 5.51. The second-order valence-electron chi connectivity index (χ2n) is 8.01. The Labute approximate surface area is 194 Å². The Morgan fingerprint density at radius 1 is 1.24 bits per heavy atom. The fourth-order valence-electron chi connectivity index (χ4n) is 3.82. The summed E-state index contributed by atoms with van der Waals surface area (Å²) in [5.74, 6) is -0.115. The zero-order valence-corrected chi connectivity index (χ0v) is 19.0. The van der Waals surface area contributed by atoms with Crippen molar-refractivity contribution in [1.82, 2.24) is 15.1 Å². The molecule has 0 radical (unpaired) electrons. The molecule has 1 heterocycles. The lowest BCUT2D eigenvalue weighted by Gasteiger charge is -2.29. The van der Waals surface area contributed by atoms with Crippen molar-refractivity contribution in [2.75, 3.05) is 6.61 Å². The van der Waals surface area contributed by atoms with Crippen LogP contribution in [0.2, 0.25) is 5.02 Å². The van der Waals surface area contributed by atoms with E-state index in [1.54, 1.807) is 24.7 Å². The number of benzene rings is 1. The molecule has 0 atom stereocenters. The molecular weight excluding hydrogens is 463 g/mol. The van der Waals surface area contributed by atoms with E-state index in [1.165, 1.54) is 0 Å². The summed E-state index contributed by atoms with van der Waals surface area (Å²) in [5.41, 5.74) is -0.390. The maximum absolute atomic E-state index is 13.0. The molecule has 1 saturated carbocycles. The quantitative estimate of drug-likeness (QED) is 0.552. The molecule has 1 N–H and O–H groups in total. The molecule has 3 rings (SSSR count). The third kappa shape index (κ3) is 6.63. The largest absolute Gasteiger partial charge is 0.515 e. The van der Waals surface area contributed by atoms with Gasteiger partial charge in [-0.1, -0.05) is 11.6 Å². The van der Waals surface area contributed by atoms with Crippen molar-refractivity contribution in [1.29, 1.82) is 0 Å². The third-order valence-corrected chi connectivity index (χ3v) is 5.84. The zero-order valence-electron chi connectivity index (χ0n) is 18.2. The number of alkyl halides is 3. The first-order chi connectivity index (χ1) is 15.6. The van der Waals surface area contributed by atoms with E-state index in [1.807, 2.05) is 0 Å². The van der Waals surface area contributed by atoms with E-state index < -0.39 is 23.8 Å². The van der Waals surface area contributed by atoms with Gasteiger partial charge in [0.1, 0.15) is 0 Å². The highest BCUT2D eigenvalue weighted by Crippen LogP contribution is 2.32. The number of nitrogens with zero attached hydrogens (tertiary/aromatic N) is 2. The molecule has 11 heteroatoms. The summed E-state index contributed by atoms with van der Waals surface area (Å²) in [6, 6.07) is 2.56. The van der Waals surface area contributed by atoms with Crippen LogP contribution in [0.4, 0.5) is 18.0 Å². The molecule has 1 amide bonds. The van der Waals surface area contributed by atoms with Gasteiger partial charge in [-0.3, -0.25) is 9.48 Å². The van der Waals surface area contributed by atoms with Gasteiger partial charge < -0.3 is 14.8 Å². The van der Waals surface area contributed by atoms with Gasteiger partial charge in [0.2, 0.25) is 5.88 Å². The number of hydrogen-bond acceptors (Lipinski definition) is 5. The zero-order chi connectivity index (χ0) is 24.2. The second-order valence-corrected chi connectivity index (χ2v) is 8.42. The van der Waals surface area contributed by atoms with Crippen LogP contribution in [-0.4, -0.2) is 34.5 Å². The van der Waals surface area contributed by atoms with Gasteiger partial charge in [0.25, 0.3) is 5.91 Å². The molecule has 33 heavy (non-hydrogen) atoms. The lowest BCUT2D eigenvalue weighted by atomic mass is 9.86. The van der Waals surface area contributed by atoms with Crippen molar-refractivity contribution in [3.63, 3.8) is 0 Å². The van der Waals surface area contributed by atoms with Crippen LogP contribution in [0.5, 0.6) is 5.88 Å². The molecule has 0 spiro atoms. The minimum absolute atomic E-state index is 0.0240. The van der Waals surface area contributed by atoms with Crippen LogP contribution in [0.25, 0.3) is 0 Å². The number of rotatable bonds is 6. The molecule has 180 valence electrons. The number of aromatic nitrogens is 2. The van der Waals surface area contributed by atoms with Gasteiger partial charge in [-0.2, -0.15) is 13.2 Å². The van der Waals surface area contributed by atoms with E-state index in [9.17, 15) is 22.8 Å². The van der Waals surface area contributed by atoms with Crippen LogP contribution in [-0.2, 0) is 17.5 Å². The fourth-order valence-corrected chi connectivity index (χ4v) is 4.02. The summed E-state index contributed by atoms with van der Waals surface area (Å²) < 4.78 is 50.4. The predicted molar refractivity (Wildman–Crippen MR) is 114 cm³/mol. The first-order valence-electron chi connectivity index (χ1n) is 10.6. The highest BCUT2D eigenvalue weighted by Gasteiger charge is 2.32. The molecule has 1 aliphatic carbocycles. The first-order valence-corrected chi connectivity index (χ1v) is 11.0. The molecule has 0 saturated heterocycles. The SMILES string of the molecule is CCOC(=O)Oc1nn(C[C@H]2CC[C@H](NC(=O)c3cc(C(F)(F)F)ccc3Cl)CC2)cc1C. The van der Waals surface area contributed by atoms with Crippen molar-refractivity contribution in [3.05, 3.63) is 46.1 Å². The number of aryl methyl sites for hydroxylation is 1. The Bertz CT molecular complexity index is 1000. The molecule has 1 aromatic heterocycles. The van der Waals surface area contributed by atoms with E-state index in [4.69, 9.17) is 21.1 Å². The molecule has 1 fully saturated rings. The molecule has 0 unspecified atom stereocenters. The van der Waals surface area contributed by atoms with E-state index >= 15 is 0 Å². The molecular formula is C22H25ClF3N3O4. The monoisotopic (exact) mass is 487 g/mol. The van der Waals surface area contributed by atoms with Crippen molar-refractivity contribution in [3.8, 4) is 5.88 Å². The summed E-state index contributed by atoms with van der Waals surface area (Å²) in [6.07, 6.45) is -0.605. The van der Waals surface area contributed by atoms with Crippen LogP contribution < -0.4 is 10.1 Å². The van der Waals surface area contributed by atoms with Crippen LogP contribution in [0.1, 0.15) is 54.1 Å². The highest BCUT2D eigenvalue weighted by molar-refractivity contribution is 6.33. The van der Waals surface area contributed by atoms with Crippen LogP contribution in [0.3, 0.4) is 0 Å². The minimum atomic E-state index is -4.55. The summed E-state index contributed by atoms with van der Waals surface area (Å²) in [5, 5.41) is 7.07. The molecule has 7 nitrogen and oxygen atoms in total. The number of nitrogens with one attached hydrogen (secondary N) is 1. The molecule has 1 aliphatic rings. The van der Waals surface area contributed by atoms with E-state index in [-0.39, 0.29) is 29.1 Å². The fraction of sp³-hybridized carbons (Fsp3) is 0.500. The van der Waals surface area contributed by atoms with Crippen molar-refractivity contribution >= 4 is 23.7 Å². The second kappa shape index (κ2) is 10.5. The Hall–Kier alpha value is -2.75. The smallest absolute Gasteiger partial charge is 0.434 e. The van der Waals surface area contributed by atoms with Crippen LogP contribution in [0.15, 0.2) is 24.4 Å². The van der Waals surface area contributed by atoms with Gasteiger partial charge in [-0.25, -0.2) is 4.79 Å². The van der Waals surface area contributed by atoms with Gasteiger partial charge in [0.05, 0.1) is 22.8 Å². The van der Waals surface area contributed by atoms with Crippen molar-refractivity contribution in [2.45, 2.75) is 58.3 Å². The normalized spacial score (nSPS) is 18.6. The number of carbonyl (C=O) groups excluding carboxylic acids is 2. The number of carbonyl (C=O) groups is 2. The van der Waals surface area contributed by atoms with E-state index in [0.29, 0.717) is 30.9 Å². The Morgan fingerprint density at radius 3 is 2.58 bits per heavy atom. The Morgan fingerprint density at radius 2 is 1.94 bits per heavy atom. The van der Waals surface area contributed by atoms with Crippen molar-refractivity contribution in [2.24, 2.45) is 5.92 Å². The summed E-state index contributed by atoms with van der Waals surface area (Å²) in [4.78, 5) is 24.0. The van der Waals surface area contributed by atoms with Gasteiger partial charge in [-0.15, -0.1) is 5.10 Å².